The summed E-state index contributed by atoms with van der Waals surface area (Å²) in [6.45, 7) is 0.615. The second kappa shape index (κ2) is 13.6. The van der Waals surface area contributed by atoms with Crippen LogP contribution in [0.2, 0.25) is 0 Å². The van der Waals surface area contributed by atoms with E-state index in [1.165, 1.54) is 0 Å². The summed E-state index contributed by atoms with van der Waals surface area (Å²) in [7, 11) is 3.19. The van der Waals surface area contributed by atoms with Crippen LogP contribution in [0.3, 0.4) is 0 Å². The van der Waals surface area contributed by atoms with Crippen LogP contribution in [0.15, 0.2) is 103 Å². The summed E-state index contributed by atoms with van der Waals surface area (Å²) in [5, 5.41) is 3.04. The van der Waals surface area contributed by atoms with Crippen molar-refractivity contribution in [1.82, 2.24) is 10.2 Å². The minimum absolute atomic E-state index is 0.0421. The molecule has 2 amide bonds. The van der Waals surface area contributed by atoms with E-state index >= 15 is 0 Å². The van der Waals surface area contributed by atoms with Gasteiger partial charge in [-0.25, -0.2) is 0 Å². The van der Waals surface area contributed by atoms with E-state index in [0.717, 1.165) is 16.9 Å². The number of ether oxygens (including phenoxy) is 4. The molecule has 4 aromatic rings. The number of benzene rings is 4. The molecule has 1 aliphatic heterocycles. The lowest BCUT2D eigenvalue weighted by atomic mass is 10.0. The number of hydrogen-bond acceptors (Lipinski definition) is 6. The largest absolute Gasteiger partial charge is 0.497 e. The highest BCUT2D eigenvalue weighted by molar-refractivity contribution is 5.90. The van der Waals surface area contributed by atoms with Gasteiger partial charge in [-0.05, 0) is 59.5 Å². The van der Waals surface area contributed by atoms with Crippen LogP contribution in [0.5, 0.6) is 23.0 Å². The third-order valence-electron chi connectivity index (χ3n) is 7.17. The van der Waals surface area contributed by atoms with Crippen molar-refractivity contribution in [3.8, 4) is 23.0 Å². The van der Waals surface area contributed by atoms with Gasteiger partial charge in [0.1, 0.15) is 24.1 Å². The van der Waals surface area contributed by atoms with Gasteiger partial charge in [-0.2, -0.15) is 0 Å². The molecule has 8 nitrogen and oxygen atoms in total. The van der Waals surface area contributed by atoms with Crippen LogP contribution in [0.1, 0.15) is 22.7 Å². The van der Waals surface area contributed by atoms with Gasteiger partial charge in [0.05, 0.1) is 14.2 Å². The molecule has 5 rings (SSSR count). The number of hydrogen-bond donors (Lipinski definition) is 1. The Morgan fingerprint density at radius 1 is 0.810 bits per heavy atom. The zero-order chi connectivity index (χ0) is 29.3. The zero-order valence-electron chi connectivity index (χ0n) is 23.7. The first kappa shape index (κ1) is 28.5. The van der Waals surface area contributed by atoms with Crippen molar-refractivity contribution >= 4 is 11.8 Å². The maximum atomic E-state index is 14.2. The number of nitrogens with one attached hydrogen (secondary N) is 1. The molecule has 0 fully saturated rings. The van der Waals surface area contributed by atoms with E-state index in [4.69, 9.17) is 18.9 Å². The molecule has 216 valence electrons. The zero-order valence-corrected chi connectivity index (χ0v) is 23.7. The first-order valence-corrected chi connectivity index (χ1v) is 13.8. The number of methoxy groups -OCH3 is 2. The monoisotopic (exact) mass is 566 g/mol. The fourth-order valence-corrected chi connectivity index (χ4v) is 4.88. The van der Waals surface area contributed by atoms with Crippen LogP contribution >= 0.6 is 0 Å². The summed E-state index contributed by atoms with van der Waals surface area (Å²) in [5.74, 6) is 1.82. The van der Waals surface area contributed by atoms with Crippen LogP contribution < -0.4 is 24.3 Å². The standard InChI is InChI=1S/C34H34N2O6/c1-39-27-16-12-25(13-17-27)22-35-33(37)32(26-14-18-28(40-2)19-15-26)36(21-20-24-8-4-3-5-9-24)34(38)31-23-41-29-10-6-7-11-30(29)42-31/h3-19,31-32H,20-23H2,1-2H3,(H,35,37)/t31-,32+/m1/s1. The van der Waals surface area contributed by atoms with Crippen molar-refractivity contribution < 1.29 is 28.5 Å². The Morgan fingerprint density at radius 3 is 2.10 bits per heavy atom. The maximum absolute atomic E-state index is 14.2. The topological polar surface area (TPSA) is 86.3 Å². The van der Waals surface area contributed by atoms with Gasteiger partial charge < -0.3 is 29.2 Å². The van der Waals surface area contributed by atoms with Gasteiger partial charge in [-0.3, -0.25) is 9.59 Å². The molecule has 1 aliphatic rings. The number of fused-ring (bicyclic) bond motifs is 1. The van der Waals surface area contributed by atoms with Gasteiger partial charge in [-0.15, -0.1) is 0 Å². The Labute approximate surface area is 245 Å². The quantitative estimate of drug-likeness (QED) is 0.276. The number of carbonyl (C=O) groups excluding carboxylic acids is 2. The van der Waals surface area contributed by atoms with E-state index in [9.17, 15) is 9.59 Å². The third kappa shape index (κ3) is 6.83. The Morgan fingerprint density at radius 2 is 1.43 bits per heavy atom. The van der Waals surface area contributed by atoms with Gasteiger partial charge in [-0.1, -0.05) is 66.7 Å². The number of rotatable bonds is 11. The Balaban J connectivity index is 1.45. The minimum atomic E-state index is -0.925. The van der Waals surface area contributed by atoms with Crippen LogP contribution in [0, 0.1) is 0 Å². The number of para-hydroxylation sites is 2. The molecule has 0 saturated heterocycles. The highest BCUT2D eigenvalue weighted by Crippen LogP contribution is 2.33. The molecule has 4 aromatic carbocycles. The highest BCUT2D eigenvalue weighted by atomic mass is 16.6. The molecular weight excluding hydrogens is 532 g/mol. The Bertz CT molecular complexity index is 1470. The predicted octanol–water partition coefficient (Wildman–Crippen LogP) is 4.97. The van der Waals surface area contributed by atoms with E-state index < -0.39 is 12.1 Å². The fourth-order valence-electron chi connectivity index (χ4n) is 4.88. The third-order valence-corrected chi connectivity index (χ3v) is 7.17. The molecule has 2 atom stereocenters. The van der Waals surface area contributed by atoms with Gasteiger partial charge in [0, 0.05) is 13.1 Å². The summed E-state index contributed by atoms with van der Waals surface area (Å²) in [4.78, 5) is 29.8. The predicted molar refractivity (Wildman–Crippen MR) is 159 cm³/mol. The molecule has 0 bridgehead atoms. The lowest BCUT2D eigenvalue weighted by Gasteiger charge is -2.35. The van der Waals surface area contributed by atoms with Crippen molar-refractivity contribution in [2.75, 3.05) is 27.4 Å². The van der Waals surface area contributed by atoms with Crippen molar-refractivity contribution in [1.29, 1.82) is 0 Å². The molecule has 42 heavy (non-hydrogen) atoms. The van der Waals surface area contributed by atoms with E-state index in [0.29, 0.717) is 29.2 Å². The summed E-state index contributed by atoms with van der Waals surface area (Å²) < 4.78 is 22.6. The second-order valence-corrected chi connectivity index (χ2v) is 9.87. The first-order chi connectivity index (χ1) is 20.6. The van der Waals surface area contributed by atoms with Crippen molar-refractivity contribution in [2.24, 2.45) is 0 Å². The van der Waals surface area contributed by atoms with E-state index in [1.807, 2.05) is 78.9 Å². The molecule has 1 N–H and O–H groups in total. The summed E-state index contributed by atoms with van der Waals surface area (Å²) in [5.41, 5.74) is 2.61. The summed E-state index contributed by atoms with van der Waals surface area (Å²) >= 11 is 0. The molecule has 0 aliphatic carbocycles. The number of nitrogens with zero attached hydrogens (tertiary/aromatic N) is 1. The van der Waals surface area contributed by atoms with Gasteiger partial charge in [0.15, 0.2) is 11.5 Å². The Kier molecular flexibility index (Phi) is 9.23. The molecule has 1 heterocycles. The first-order valence-electron chi connectivity index (χ1n) is 13.8. The van der Waals surface area contributed by atoms with Crippen molar-refractivity contribution in [3.63, 3.8) is 0 Å². The second-order valence-electron chi connectivity index (χ2n) is 9.87. The molecular formula is C34H34N2O6. The van der Waals surface area contributed by atoms with Crippen LogP contribution in [-0.4, -0.2) is 50.2 Å². The smallest absolute Gasteiger partial charge is 0.268 e. The molecule has 0 radical (unpaired) electrons. The van der Waals surface area contributed by atoms with Crippen LogP contribution in [-0.2, 0) is 22.6 Å². The molecule has 8 heteroatoms. The SMILES string of the molecule is COc1ccc(CNC(=O)[C@H](c2ccc(OC)cc2)N(CCc2ccccc2)C(=O)[C@H]2COc3ccccc3O2)cc1. The summed E-state index contributed by atoms with van der Waals surface area (Å²) in [6, 6.07) is 30.9. The number of amides is 2. The van der Waals surface area contributed by atoms with Gasteiger partial charge >= 0.3 is 0 Å². The van der Waals surface area contributed by atoms with E-state index in [-0.39, 0.29) is 31.5 Å². The maximum Gasteiger partial charge on any atom is 0.268 e. The van der Waals surface area contributed by atoms with E-state index in [2.05, 4.69) is 5.32 Å². The number of carbonyl (C=O) groups is 2. The Hall–Kier alpha value is -4.98. The average Bonchev–Trinajstić information content (AvgIpc) is 3.05. The lowest BCUT2D eigenvalue weighted by molar-refractivity contribution is -0.148. The fraction of sp³-hybridized carbons (Fsp3) is 0.235. The molecule has 0 aromatic heterocycles. The molecule has 0 spiro atoms. The van der Waals surface area contributed by atoms with Crippen molar-refractivity contribution in [3.05, 3.63) is 120 Å². The average molecular weight is 567 g/mol. The minimum Gasteiger partial charge on any atom is -0.497 e. The lowest BCUT2D eigenvalue weighted by Crippen LogP contribution is -2.51. The molecule has 0 unspecified atom stereocenters. The van der Waals surface area contributed by atoms with Gasteiger partial charge in [0.25, 0.3) is 5.91 Å². The normalized spacial score (nSPS) is 14.4. The van der Waals surface area contributed by atoms with Crippen LogP contribution in [0.25, 0.3) is 0 Å². The van der Waals surface area contributed by atoms with Gasteiger partial charge in [0.2, 0.25) is 12.0 Å². The van der Waals surface area contributed by atoms with E-state index in [1.54, 1.807) is 43.4 Å². The highest BCUT2D eigenvalue weighted by Gasteiger charge is 2.38. The molecule has 0 saturated carbocycles. The van der Waals surface area contributed by atoms with Crippen LogP contribution in [0.4, 0.5) is 0 Å². The summed E-state index contributed by atoms with van der Waals surface area (Å²) in [6.07, 6.45) is -0.361. The van der Waals surface area contributed by atoms with Crippen molar-refractivity contribution in [2.45, 2.75) is 25.1 Å².